The number of hydrogen-bond donors (Lipinski definition) is 0. The lowest BCUT2D eigenvalue weighted by atomic mass is 10.1. The molecule has 0 fully saturated rings. The van der Waals surface area contributed by atoms with E-state index in [1.54, 1.807) is 0 Å². The lowest BCUT2D eigenvalue weighted by Gasteiger charge is -2.48. The standard InChI is InChI=1S/C24H26N2P2S2/c1-5-25(6-2)28(30)21-14-10-8-12-19(21)26-18-11-7-9-13-20(18)27(4,29)22-15-17(3)16-23(28)24(22)26/h7-16H,5-6H2,1-4H3. The van der Waals surface area contributed by atoms with Crippen LogP contribution in [-0.4, -0.2) is 24.4 Å². The Labute approximate surface area is 190 Å². The maximum atomic E-state index is 6.69. The van der Waals surface area contributed by atoms with Crippen molar-refractivity contribution < 1.29 is 0 Å². The van der Waals surface area contributed by atoms with Crippen molar-refractivity contribution in [3.8, 4) is 0 Å². The van der Waals surface area contributed by atoms with Crippen molar-refractivity contribution in [2.45, 2.75) is 20.8 Å². The van der Waals surface area contributed by atoms with Crippen LogP contribution in [-0.2, 0) is 23.6 Å². The van der Waals surface area contributed by atoms with E-state index >= 15 is 0 Å². The first-order valence-electron chi connectivity index (χ1n) is 10.4. The lowest BCUT2D eigenvalue weighted by Crippen LogP contribution is -2.45. The minimum atomic E-state index is -2.15. The lowest BCUT2D eigenvalue weighted by molar-refractivity contribution is 0.513. The third kappa shape index (κ3) is 2.58. The number of anilines is 3. The van der Waals surface area contributed by atoms with Crippen LogP contribution in [0.2, 0.25) is 0 Å². The molecule has 2 heterocycles. The summed E-state index contributed by atoms with van der Waals surface area (Å²) in [5, 5.41) is 5.24. The number of para-hydroxylation sites is 2. The van der Waals surface area contributed by atoms with E-state index in [-0.39, 0.29) is 0 Å². The van der Waals surface area contributed by atoms with Crippen LogP contribution in [0.4, 0.5) is 17.1 Å². The van der Waals surface area contributed by atoms with Gasteiger partial charge in [-0.3, -0.25) is 4.67 Å². The molecule has 0 amide bonds. The SMILES string of the molecule is CCN(CC)P1(=S)c2ccccc2N2c3ccccc3P(C)(=S)c3cc(C)cc1c32. The molecular formula is C24H26N2P2S2. The normalized spacial score (nSPS) is 23.7. The molecule has 30 heavy (non-hydrogen) atoms. The molecule has 2 atom stereocenters. The van der Waals surface area contributed by atoms with Gasteiger partial charge in [-0.15, -0.1) is 0 Å². The first-order chi connectivity index (χ1) is 14.4. The predicted molar refractivity (Wildman–Crippen MR) is 142 cm³/mol. The van der Waals surface area contributed by atoms with E-state index in [2.05, 4.69) is 97.7 Å². The number of fused-ring (bicyclic) bond motifs is 4. The van der Waals surface area contributed by atoms with Gasteiger partial charge < -0.3 is 4.90 Å². The topological polar surface area (TPSA) is 6.48 Å². The monoisotopic (exact) mass is 468 g/mol. The van der Waals surface area contributed by atoms with Gasteiger partial charge in [0.1, 0.15) is 0 Å². The molecule has 0 bridgehead atoms. The van der Waals surface area contributed by atoms with Gasteiger partial charge >= 0.3 is 0 Å². The van der Waals surface area contributed by atoms with Crippen LogP contribution in [0.5, 0.6) is 0 Å². The van der Waals surface area contributed by atoms with Gasteiger partial charge in [0.05, 0.1) is 23.3 Å². The predicted octanol–water partition coefficient (Wildman–Crippen LogP) is 4.84. The van der Waals surface area contributed by atoms with Crippen LogP contribution in [0, 0.1) is 6.92 Å². The second-order valence-corrected chi connectivity index (χ2v) is 17.4. The van der Waals surface area contributed by atoms with E-state index in [4.69, 9.17) is 23.6 Å². The summed E-state index contributed by atoms with van der Waals surface area (Å²) >= 11 is 13.1. The van der Waals surface area contributed by atoms with Crippen LogP contribution in [0.15, 0.2) is 60.7 Å². The molecule has 5 rings (SSSR count). The summed E-state index contributed by atoms with van der Waals surface area (Å²) in [6.07, 6.45) is -2.15. The van der Waals surface area contributed by atoms with E-state index in [0.29, 0.717) is 0 Å². The van der Waals surface area contributed by atoms with Crippen LogP contribution in [0.1, 0.15) is 19.4 Å². The van der Waals surface area contributed by atoms with Gasteiger partial charge in [0.2, 0.25) is 0 Å². The first-order valence-corrected chi connectivity index (χ1v) is 16.4. The smallest absolute Gasteiger partial charge is 0.0751 e. The van der Waals surface area contributed by atoms with E-state index in [1.807, 2.05) is 0 Å². The number of aryl methyl sites for hydroxylation is 1. The van der Waals surface area contributed by atoms with Gasteiger partial charge in [-0.25, -0.2) is 0 Å². The summed E-state index contributed by atoms with van der Waals surface area (Å²) in [5.74, 6) is 0. The molecule has 0 saturated heterocycles. The molecule has 6 heteroatoms. The number of hydrogen-bond acceptors (Lipinski definition) is 3. The van der Waals surface area contributed by atoms with Crippen molar-refractivity contribution in [3.63, 3.8) is 0 Å². The largest absolute Gasteiger partial charge is 0.308 e. The zero-order valence-corrected chi connectivity index (χ0v) is 21.2. The molecule has 0 saturated carbocycles. The van der Waals surface area contributed by atoms with Crippen LogP contribution >= 0.6 is 12.2 Å². The van der Waals surface area contributed by atoms with Gasteiger partial charge in [-0.1, -0.05) is 73.9 Å². The third-order valence-corrected chi connectivity index (χ3v) is 15.4. The molecule has 2 aliphatic heterocycles. The highest BCUT2D eigenvalue weighted by molar-refractivity contribution is 8.22. The Morgan fingerprint density at radius 3 is 1.97 bits per heavy atom. The van der Waals surface area contributed by atoms with Gasteiger partial charge in [-0.2, -0.15) is 0 Å². The number of rotatable bonds is 3. The average molecular weight is 469 g/mol. The van der Waals surface area contributed by atoms with Gasteiger partial charge in [0.25, 0.3) is 0 Å². The summed E-state index contributed by atoms with van der Waals surface area (Å²) in [4.78, 5) is 2.46. The summed E-state index contributed by atoms with van der Waals surface area (Å²) in [6.45, 7) is 10.8. The number of nitrogens with zero attached hydrogens (tertiary/aromatic N) is 2. The van der Waals surface area contributed by atoms with Crippen molar-refractivity contribution in [3.05, 3.63) is 66.2 Å². The number of benzene rings is 3. The quantitative estimate of drug-likeness (QED) is 0.508. The third-order valence-electron chi connectivity index (χ3n) is 6.38. The fraction of sp³-hybridized carbons (Fsp3) is 0.250. The molecule has 2 nitrogen and oxygen atoms in total. The Bertz CT molecular complexity index is 1280. The van der Waals surface area contributed by atoms with Crippen molar-refractivity contribution >= 4 is 74.1 Å². The van der Waals surface area contributed by atoms with Crippen molar-refractivity contribution in [1.29, 1.82) is 0 Å². The van der Waals surface area contributed by atoms with Gasteiger partial charge in [0.15, 0.2) is 0 Å². The minimum Gasteiger partial charge on any atom is -0.308 e. The molecule has 2 unspecified atom stereocenters. The second-order valence-electron chi connectivity index (χ2n) is 8.10. The Kier molecular flexibility index (Phi) is 4.89. The van der Waals surface area contributed by atoms with E-state index in [9.17, 15) is 0 Å². The molecule has 0 spiro atoms. The molecule has 3 aromatic carbocycles. The Morgan fingerprint density at radius 1 is 0.800 bits per heavy atom. The second kappa shape index (κ2) is 7.12. The Hall–Kier alpha value is -1.28. The maximum Gasteiger partial charge on any atom is 0.0751 e. The van der Waals surface area contributed by atoms with Crippen molar-refractivity contribution in [2.24, 2.45) is 0 Å². The zero-order chi connectivity index (χ0) is 21.3. The molecule has 0 aromatic heterocycles. The van der Waals surface area contributed by atoms with Crippen LogP contribution in [0.3, 0.4) is 0 Å². The Balaban J connectivity index is 1.99. The fourth-order valence-electron chi connectivity index (χ4n) is 5.01. The highest BCUT2D eigenvalue weighted by atomic mass is 32.4. The highest BCUT2D eigenvalue weighted by Gasteiger charge is 2.45. The van der Waals surface area contributed by atoms with E-state index in [0.717, 1.165) is 13.1 Å². The molecule has 0 aliphatic carbocycles. The van der Waals surface area contributed by atoms with E-state index in [1.165, 1.54) is 43.8 Å². The molecule has 0 N–H and O–H groups in total. The molecule has 2 aliphatic rings. The summed E-state index contributed by atoms with van der Waals surface area (Å²) in [7, 11) is 0. The summed E-state index contributed by atoms with van der Waals surface area (Å²) in [6, 6.07) is 20.3. The first kappa shape index (κ1) is 20.6. The Morgan fingerprint density at radius 2 is 1.33 bits per heavy atom. The maximum absolute atomic E-state index is 6.69. The van der Waals surface area contributed by atoms with Crippen LogP contribution in [0.25, 0.3) is 0 Å². The minimum absolute atomic E-state index is 0.946. The van der Waals surface area contributed by atoms with Crippen LogP contribution < -0.4 is 26.1 Å². The van der Waals surface area contributed by atoms with Crippen molar-refractivity contribution in [2.75, 3.05) is 24.7 Å². The average Bonchev–Trinajstić information content (AvgIpc) is 2.74. The molecule has 3 aromatic rings. The van der Waals surface area contributed by atoms with Gasteiger partial charge in [0, 0.05) is 40.3 Å². The molecule has 0 radical (unpaired) electrons. The van der Waals surface area contributed by atoms with Gasteiger partial charge in [-0.05, 0) is 43.4 Å². The van der Waals surface area contributed by atoms with Crippen molar-refractivity contribution in [1.82, 2.24) is 4.67 Å². The fourth-order valence-corrected chi connectivity index (χ4v) is 13.2. The summed E-state index contributed by atoms with van der Waals surface area (Å²) < 4.78 is 2.52. The van der Waals surface area contributed by atoms with E-state index < -0.39 is 12.2 Å². The molecular weight excluding hydrogens is 442 g/mol. The highest BCUT2D eigenvalue weighted by Crippen LogP contribution is 2.61. The molecule has 154 valence electrons. The zero-order valence-electron chi connectivity index (χ0n) is 17.8. The summed E-state index contributed by atoms with van der Waals surface area (Å²) in [5.41, 5.74) is 5.00.